The van der Waals surface area contributed by atoms with Gasteiger partial charge in [-0.3, -0.25) is 16.0 Å². The van der Waals surface area contributed by atoms with Gasteiger partial charge in [0.25, 0.3) is 5.69 Å². The van der Waals surface area contributed by atoms with Gasteiger partial charge in [0, 0.05) is 18.7 Å². The second kappa shape index (κ2) is 6.83. The molecule has 0 radical (unpaired) electrons. The van der Waals surface area contributed by atoms with Crippen LogP contribution in [0.25, 0.3) is 0 Å². The molecule has 0 spiro atoms. The van der Waals surface area contributed by atoms with Crippen LogP contribution in [-0.4, -0.2) is 19.9 Å². The topological polar surface area (TPSA) is 127 Å². The first-order valence-corrected chi connectivity index (χ1v) is 7.92. The van der Waals surface area contributed by atoms with Gasteiger partial charge < -0.3 is 5.43 Å². The van der Waals surface area contributed by atoms with Crippen LogP contribution in [0.1, 0.15) is 20.8 Å². The fraction of sp³-hybridized carbons (Fsp3) is 0.500. The Kier molecular flexibility index (Phi) is 5.64. The summed E-state index contributed by atoms with van der Waals surface area (Å²) in [5, 5.41) is 10.7. The number of hydrogen-bond donors (Lipinski definition) is 3. The number of nitro groups is 1. The van der Waals surface area contributed by atoms with Crippen molar-refractivity contribution in [2.75, 3.05) is 12.0 Å². The van der Waals surface area contributed by atoms with Crippen LogP contribution in [0, 0.1) is 22.0 Å². The summed E-state index contributed by atoms with van der Waals surface area (Å²) in [7, 11) is -3.79. The number of benzene rings is 1. The predicted molar refractivity (Wildman–Crippen MR) is 80.1 cm³/mol. The summed E-state index contributed by atoms with van der Waals surface area (Å²) in [6, 6.07) is 3.37. The molecule has 118 valence electrons. The minimum Gasteiger partial charge on any atom is -0.323 e. The van der Waals surface area contributed by atoms with E-state index < -0.39 is 14.9 Å². The second-order valence-corrected chi connectivity index (χ2v) is 6.89. The highest BCUT2D eigenvalue weighted by Crippen LogP contribution is 2.25. The molecule has 1 unspecified atom stereocenters. The number of nitrogens with two attached hydrogens (primary N) is 1. The van der Waals surface area contributed by atoms with E-state index in [-0.39, 0.29) is 28.7 Å². The van der Waals surface area contributed by atoms with E-state index in [2.05, 4.69) is 10.1 Å². The number of hydrogen-bond acceptors (Lipinski definition) is 6. The van der Waals surface area contributed by atoms with Crippen molar-refractivity contribution in [1.29, 1.82) is 0 Å². The zero-order chi connectivity index (χ0) is 16.2. The molecule has 0 bridgehead atoms. The molecule has 1 aromatic carbocycles. The van der Waals surface area contributed by atoms with Crippen molar-refractivity contribution >= 4 is 21.4 Å². The standard InChI is InChI=1S/C12H20N4O4S/c1-8(2)9(3)7-14-21(19,20)12-5-4-10(16(17)18)6-11(12)15-13/h4-6,8-9,14-15H,7,13H2,1-3H3. The molecule has 9 heteroatoms. The summed E-state index contributed by atoms with van der Waals surface area (Å²) in [4.78, 5) is 9.95. The predicted octanol–water partition coefficient (Wildman–Crippen LogP) is 1.45. The Hall–Kier alpha value is -1.71. The minimum atomic E-state index is -3.79. The minimum absolute atomic E-state index is 0.0195. The second-order valence-electron chi connectivity index (χ2n) is 5.16. The molecule has 1 aromatic rings. The summed E-state index contributed by atoms with van der Waals surface area (Å²) >= 11 is 0. The van der Waals surface area contributed by atoms with E-state index in [9.17, 15) is 18.5 Å². The maximum atomic E-state index is 12.2. The molecule has 0 aromatic heterocycles. The number of sulfonamides is 1. The van der Waals surface area contributed by atoms with Gasteiger partial charge in [-0.25, -0.2) is 13.1 Å². The number of hydrazine groups is 1. The third kappa shape index (κ3) is 4.38. The molecule has 21 heavy (non-hydrogen) atoms. The number of nitro benzene ring substituents is 1. The molecular formula is C12H20N4O4S. The Balaban J connectivity index is 3.05. The molecule has 0 aliphatic heterocycles. The lowest BCUT2D eigenvalue weighted by Gasteiger charge is -2.17. The Bertz CT molecular complexity index is 616. The van der Waals surface area contributed by atoms with Crippen molar-refractivity contribution in [3.63, 3.8) is 0 Å². The SMILES string of the molecule is CC(C)C(C)CNS(=O)(=O)c1ccc([N+](=O)[O-])cc1NN. The fourth-order valence-corrected chi connectivity index (χ4v) is 2.83. The van der Waals surface area contributed by atoms with Crippen LogP contribution < -0.4 is 16.0 Å². The fourth-order valence-electron chi connectivity index (χ4n) is 1.53. The van der Waals surface area contributed by atoms with Gasteiger partial charge >= 0.3 is 0 Å². The molecule has 1 atom stereocenters. The molecule has 0 saturated carbocycles. The number of rotatable bonds is 7. The molecule has 4 N–H and O–H groups in total. The summed E-state index contributed by atoms with van der Waals surface area (Å²) in [5.41, 5.74) is 1.93. The van der Waals surface area contributed by atoms with Crippen molar-refractivity contribution < 1.29 is 13.3 Å². The van der Waals surface area contributed by atoms with E-state index in [4.69, 9.17) is 5.84 Å². The summed E-state index contributed by atoms with van der Waals surface area (Å²) in [5.74, 6) is 5.75. The lowest BCUT2D eigenvalue weighted by atomic mass is 9.99. The summed E-state index contributed by atoms with van der Waals surface area (Å²) in [6.45, 7) is 6.21. The zero-order valence-corrected chi connectivity index (χ0v) is 13.0. The van der Waals surface area contributed by atoms with Crippen molar-refractivity contribution in [2.45, 2.75) is 25.7 Å². The number of non-ortho nitro benzene ring substituents is 1. The van der Waals surface area contributed by atoms with Gasteiger partial charge in [-0.05, 0) is 17.9 Å². The van der Waals surface area contributed by atoms with E-state index in [1.807, 2.05) is 20.8 Å². The molecular weight excluding hydrogens is 296 g/mol. The molecule has 1 rings (SSSR count). The average Bonchev–Trinajstić information content (AvgIpc) is 2.43. The highest BCUT2D eigenvalue weighted by Gasteiger charge is 2.22. The van der Waals surface area contributed by atoms with Crippen LogP contribution in [0.4, 0.5) is 11.4 Å². The van der Waals surface area contributed by atoms with E-state index in [1.54, 1.807) is 0 Å². The highest BCUT2D eigenvalue weighted by molar-refractivity contribution is 7.89. The lowest BCUT2D eigenvalue weighted by Crippen LogP contribution is -2.31. The highest BCUT2D eigenvalue weighted by atomic mass is 32.2. The largest absolute Gasteiger partial charge is 0.323 e. The smallest absolute Gasteiger partial charge is 0.271 e. The Morgan fingerprint density at radius 1 is 1.33 bits per heavy atom. The molecule has 0 amide bonds. The van der Waals surface area contributed by atoms with Crippen molar-refractivity contribution in [2.24, 2.45) is 17.7 Å². The normalized spacial score (nSPS) is 13.2. The van der Waals surface area contributed by atoms with Crippen LogP contribution in [0.15, 0.2) is 23.1 Å². The quantitative estimate of drug-likeness (QED) is 0.397. The van der Waals surface area contributed by atoms with Crippen molar-refractivity contribution in [3.05, 3.63) is 28.3 Å². The molecule has 0 aliphatic carbocycles. The maximum absolute atomic E-state index is 12.2. The molecule has 8 nitrogen and oxygen atoms in total. The van der Waals surface area contributed by atoms with Crippen LogP contribution >= 0.6 is 0 Å². The van der Waals surface area contributed by atoms with Crippen LogP contribution in [0.2, 0.25) is 0 Å². The van der Waals surface area contributed by atoms with E-state index in [0.29, 0.717) is 5.92 Å². The first kappa shape index (κ1) is 17.3. The Labute approximate surface area is 123 Å². The maximum Gasteiger partial charge on any atom is 0.271 e. The number of nitrogens with zero attached hydrogens (tertiary/aromatic N) is 1. The average molecular weight is 316 g/mol. The first-order valence-electron chi connectivity index (χ1n) is 6.43. The first-order chi connectivity index (χ1) is 9.69. The number of anilines is 1. The van der Waals surface area contributed by atoms with E-state index in [1.165, 1.54) is 0 Å². The van der Waals surface area contributed by atoms with Gasteiger partial charge in [-0.1, -0.05) is 20.8 Å². The third-order valence-electron chi connectivity index (χ3n) is 3.35. The Morgan fingerprint density at radius 2 is 1.95 bits per heavy atom. The van der Waals surface area contributed by atoms with E-state index in [0.717, 1.165) is 18.2 Å². The molecule has 0 heterocycles. The van der Waals surface area contributed by atoms with Gasteiger partial charge in [0.2, 0.25) is 10.0 Å². The number of nitrogen functional groups attached to an aromatic ring is 1. The molecule has 0 aliphatic rings. The lowest BCUT2D eigenvalue weighted by molar-refractivity contribution is -0.384. The van der Waals surface area contributed by atoms with Crippen LogP contribution in [0.5, 0.6) is 0 Å². The van der Waals surface area contributed by atoms with Gasteiger partial charge in [0.1, 0.15) is 4.90 Å². The van der Waals surface area contributed by atoms with Crippen LogP contribution in [-0.2, 0) is 10.0 Å². The van der Waals surface area contributed by atoms with Crippen LogP contribution in [0.3, 0.4) is 0 Å². The summed E-state index contributed by atoms with van der Waals surface area (Å²) in [6.07, 6.45) is 0. The summed E-state index contributed by atoms with van der Waals surface area (Å²) < 4.78 is 27.0. The van der Waals surface area contributed by atoms with Gasteiger partial charge in [0.05, 0.1) is 10.6 Å². The van der Waals surface area contributed by atoms with Gasteiger partial charge in [-0.15, -0.1) is 0 Å². The third-order valence-corrected chi connectivity index (χ3v) is 4.83. The van der Waals surface area contributed by atoms with Gasteiger partial charge in [-0.2, -0.15) is 0 Å². The number of nitrogens with one attached hydrogen (secondary N) is 2. The van der Waals surface area contributed by atoms with E-state index >= 15 is 0 Å². The monoisotopic (exact) mass is 316 g/mol. The molecule has 0 fully saturated rings. The zero-order valence-electron chi connectivity index (χ0n) is 12.2. The molecule has 0 saturated heterocycles. The van der Waals surface area contributed by atoms with Crippen molar-refractivity contribution in [3.8, 4) is 0 Å². The van der Waals surface area contributed by atoms with Gasteiger partial charge in [0.15, 0.2) is 0 Å². The van der Waals surface area contributed by atoms with Crippen molar-refractivity contribution in [1.82, 2.24) is 4.72 Å². The Morgan fingerprint density at radius 3 is 2.43 bits per heavy atom.